The number of fused-ring (bicyclic) bond motifs is 3. The van der Waals surface area contributed by atoms with Crippen LogP contribution >= 0.6 is 0 Å². The number of alkyl carbamates (subject to hydrolysis) is 1. The lowest BCUT2D eigenvalue weighted by atomic mass is 9.77. The number of hydrogen-bond donors (Lipinski definition) is 5. The molecule has 10 nitrogen and oxygen atoms in total. The Morgan fingerprint density at radius 3 is 2.30 bits per heavy atom. The van der Waals surface area contributed by atoms with Crippen LogP contribution in [0.15, 0.2) is 42.5 Å². The van der Waals surface area contributed by atoms with E-state index in [0.717, 1.165) is 38.9 Å². The quantitative estimate of drug-likeness (QED) is 0.223. The van der Waals surface area contributed by atoms with Crippen molar-refractivity contribution in [3.8, 4) is 0 Å². The van der Waals surface area contributed by atoms with Crippen LogP contribution in [0.1, 0.15) is 68.5 Å². The summed E-state index contributed by atoms with van der Waals surface area (Å²) in [5.41, 5.74) is 10.2. The smallest absolute Gasteiger partial charge is 0.408 e. The number of nitrogens with two attached hydrogens (primary N) is 1. The first-order valence-electron chi connectivity index (χ1n) is 15.4. The molecule has 0 bridgehead atoms. The van der Waals surface area contributed by atoms with E-state index in [-0.39, 0.29) is 31.3 Å². The molecule has 236 valence electrons. The molecule has 1 aliphatic carbocycles. The third-order valence-electron chi connectivity index (χ3n) is 8.88. The molecule has 0 fully saturated rings. The average molecular weight is 604 g/mol. The normalized spacial score (nSPS) is 18.2. The van der Waals surface area contributed by atoms with Gasteiger partial charge >= 0.3 is 6.09 Å². The van der Waals surface area contributed by atoms with Gasteiger partial charge in [-0.25, -0.2) is 4.79 Å². The van der Waals surface area contributed by atoms with Crippen LogP contribution in [0.4, 0.5) is 4.79 Å². The first-order valence-corrected chi connectivity index (χ1v) is 15.4. The maximum atomic E-state index is 14.2. The third-order valence-corrected chi connectivity index (χ3v) is 8.88. The summed E-state index contributed by atoms with van der Waals surface area (Å²) >= 11 is 0. The molecule has 0 saturated carbocycles. The van der Waals surface area contributed by atoms with E-state index in [1.54, 1.807) is 13.8 Å². The molecule has 10 heteroatoms. The van der Waals surface area contributed by atoms with Gasteiger partial charge < -0.3 is 31.4 Å². The number of ether oxygens (including phenoxy) is 1. The van der Waals surface area contributed by atoms with Crippen molar-refractivity contribution in [1.82, 2.24) is 20.9 Å². The third kappa shape index (κ3) is 6.90. The Balaban J connectivity index is 1.66. The van der Waals surface area contributed by atoms with E-state index >= 15 is 0 Å². The Kier molecular flexibility index (Phi) is 10.0. The van der Waals surface area contributed by atoms with Crippen LogP contribution in [0.3, 0.4) is 0 Å². The molecule has 1 heterocycles. The van der Waals surface area contributed by atoms with Gasteiger partial charge in [0.25, 0.3) is 0 Å². The lowest BCUT2D eigenvalue weighted by Crippen LogP contribution is -2.67. The second-order valence-electron chi connectivity index (χ2n) is 12.4. The van der Waals surface area contributed by atoms with Crippen LogP contribution < -0.4 is 21.7 Å². The Hall–Kier alpha value is -4.34. The fourth-order valence-electron chi connectivity index (χ4n) is 5.99. The minimum Gasteiger partial charge on any atom is -0.445 e. The fourth-order valence-corrected chi connectivity index (χ4v) is 5.99. The van der Waals surface area contributed by atoms with Gasteiger partial charge in [-0.1, -0.05) is 76.6 Å². The van der Waals surface area contributed by atoms with Crippen molar-refractivity contribution in [1.29, 1.82) is 0 Å². The largest absolute Gasteiger partial charge is 0.445 e. The molecule has 2 aromatic carbocycles. The zero-order chi connectivity index (χ0) is 32.2. The van der Waals surface area contributed by atoms with Gasteiger partial charge in [-0.15, -0.1) is 0 Å². The molecule has 4 rings (SSSR count). The van der Waals surface area contributed by atoms with E-state index in [4.69, 9.17) is 10.5 Å². The summed E-state index contributed by atoms with van der Waals surface area (Å²) in [6.45, 7) is 11.5. The summed E-state index contributed by atoms with van der Waals surface area (Å²) in [6, 6.07) is 11.5. The van der Waals surface area contributed by atoms with E-state index < -0.39 is 41.4 Å². The minimum absolute atomic E-state index is 0.0552. The molecular weight excluding hydrogens is 558 g/mol. The van der Waals surface area contributed by atoms with Crippen molar-refractivity contribution in [3.63, 3.8) is 0 Å². The van der Waals surface area contributed by atoms with Crippen LogP contribution in [0, 0.1) is 25.7 Å². The van der Waals surface area contributed by atoms with E-state index in [9.17, 15) is 19.2 Å². The lowest BCUT2D eigenvalue weighted by Gasteiger charge is -2.39. The Morgan fingerprint density at radius 1 is 0.977 bits per heavy atom. The average Bonchev–Trinajstić information content (AvgIpc) is 3.39. The summed E-state index contributed by atoms with van der Waals surface area (Å²) in [7, 11) is 0. The van der Waals surface area contributed by atoms with E-state index in [1.807, 2.05) is 64.1 Å². The number of aromatic amines is 1. The van der Waals surface area contributed by atoms with Gasteiger partial charge in [0.2, 0.25) is 17.7 Å². The topological polar surface area (TPSA) is 155 Å². The first-order chi connectivity index (χ1) is 20.9. The molecule has 3 aromatic rings. The second-order valence-corrected chi connectivity index (χ2v) is 12.4. The second kappa shape index (κ2) is 13.5. The van der Waals surface area contributed by atoms with Gasteiger partial charge in [-0.3, -0.25) is 14.4 Å². The van der Waals surface area contributed by atoms with Gasteiger partial charge in [0.15, 0.2) is 0 Å². The molecule has 0 radical (unpaired) electrons. The highest BCUT2D eigenvalue weighted by molar-refractivity contribution is 5.98. The highest BCUT2D eigenvalue weighted by Gasteiger charge is 2.46. The molecule has 4 atom stereocenters. The molecule has 0 saturated heterocycles. The Morgan fingerprint density at radius 2 is 1.66 bits per heavy atom. The Bertz CT molecular complexity index is 1530. The predicted octanol–water partition coefficient (Wildman–Crippen LogP) is 4.10. The highest BCUT2D eigenvalue weighted by Crippen LogP contribution is 2.37. The number of H-pyrrole nitrogens is 1. The van der Waals surface area contributed by atoms with Crippen molar-refractivity contribution < 1.29 is 23.9 Å². The number of hydrogen-bond acceptors (Lipinski definition) is 5. The van der Waals surface area contributed by atoms with Gasteiger partial charge in [0.05, 0.1) is 0 Å². The van der Waals surface area contributed by atoms with Crippen LogP contribution in [-0.2, 0) is 38.6 Å². The van der Waals surface area contributed by atoms with Crippen LogP contribution in [0.2, 0.25) is 0 Å². The standard InChI is InChI=1S/C34H45N5O5/c1-7-20(4)29(38-33(43)44-18-23-11-9-8-10-12-23)31(41)39-34(32(42)37-27(19(2)3)30(35)40)16-15-25-24(17-34)26-21(5)13-14-22(6)28(26)36-25/h8-14,19-20,27,29,36H,7,15-18H2,1-6H3,(H2,35,40)(H,37,42)(H,38,43)(H,39,41)/t20-,27-,29-,34+/m0/s1. The van der Waals surface area contributed by atoms with Crippen LogP contribution in [0.5, 0.6) is 0 Å². The van der Waals surface area contributed by atoms with Crippen molar-refractivity contribution in [2.45, 2.75) is 91.5 Å². The highest BCUT2D eigenvalue weighted by atomic mass is 16.5. The predicted molar refractivity (Wildman–Crippen MR) is 170 cm³/mol. The van der Waals surface area contributed by atoms with Crippen LogP contribution in [0.25, 0.3) is 10.9 Å². The fraction of sp³-hybridized carbons (Fsp3) is 0.471. The van der Waals surface area contributed by atoms with Crippen LogP contribution in [-0.4, -0.2) is 46.4 Å². The van der Waals surface area contributed by atoms with Gasteiger partial charge in [0.1, 0.15) is 24.2 Å². The molecule has 1 aromatic heterocycles. The van der Waals surface area contributed by atoms with E-state index in [0.29, 0.717) is 12.8 Å². The number of nitrogens with one attached hydrogen (secondary N) is 4. The first kappa shape index (κ1) is 32.6. The van der Waals surface area contributed by atoms with Gasteiger partial charge in [-0.05, 0) is 60.8 Å². The molecule has 0 aliphatic heterocycles. The summed E-state index contributed by atoms with van der Waals surface area (Å²) in [4.78, 5) is 56.9. The number of primary amides is 1. The molecular formula is C34H45N5O5. The molecule has 0 unspecified atom stereocenters. The number of carbonyl (C=O) groups excluding carboxylic acids is 4. The zero-order valence-corrected chi connectivity index (χ0v) is 26.5. The SMILES string of the molecule is CC[C@H](C)[C@H](NC(=O)OCc1ccccc1)C(=O)N[C@]1(C(=O)N[C@H](C(N)=O)C(C)C)CCc2[nH]c3c(C)ccc(C)c3c2C1. The summed E-state index contributed by atoms with van der Waals surface area (Å²) in [5, 5.41) is 9.66. The lowest BCUT2D eigenvalue weighted by molar-refractivity contribution is -0.137. The minimum atomic E-state index is -1.39. The van der Waals surface area contributed by atoms with Gasteiger partial charge in [0, 0.05) is 23.0 Å². The van der Waals surface area contributed by atoms with Crippen molar-refractivity contribution in [3.05, 3.63) is 70.4 Å². The summed E-state index contributed by atoms with van der Waals surface area (Å²) in [5.74, 6) is -2.14. The number of rotatable bonds is 11. The molecule has 6 N–H and O–H groups in total. The summed E-state index contributed by atoms with van der Waals surface area (Å²) < 4.78 is 5.42. The number of aromatic nitrogens is 1. The molecule has 44 heavy (non-hydrogen) atoms. The molecule has 1 aliphatic rings. The van der Waals surface area contributed by atoms with Crippen molar-refractivity contribution >= 4 is 34.7 Å². The van der Waals surface area contributed by atoms with Crippen molar-refractivity contribution in [2.24, 2.45) is 17.6 Å². The van der Waals surface area contributed by atoms with Crippen molar-refractivity contribution in [2.75, 3.05) is 0 Å². The molecule has 4 amide bonds. The number of aryl methyl sites for hydroxylation is 3. The maximum absolute atomic E-state index is 14.2. The van der Waals surface area contributed by atoms with E-state index in [1.165, 1.54) is 0 Å². The number of amides is 4. The zero-order valence-electron chi connectivity index (χ0n) is 26.5. The van der Waals surface area contributed by atoms with E-state index in [2.05, 4.69) is 27.0 Å². The monoisotopic (exact) mass is 603 g/mol. The Labute approximate surface area is 258 Å². The number of carbonyl (C=O) groups is 4. The molecule has 0 spiro atoms. The number of benzene rings is 2. The summed E-state index contributed by atoms with van der Waals surface area (Å²) in [6.07, 6.45) is 0.866. The van der Waals surface area contributed by atoms with Gasteiger partial charge in [-0.2, -0.15) is 0 Å². The maximum Gasteiger partial charge on any atom is 0.408 e.